The molecule has 23 heavy (non-hydrogen) atoms. The van der Waals surface area contributed by atoms with Crippen molar-refractivity contribution in [3.8, 4) is 17.2 Å². The minimum absolute atomic E-state index is 0.000924. The molecule has 1 aliphatic rings. The summed E-state index contributed by atoms with van der Waals surface area (Å²) in [6.07, 6.45) is 3.10. The molecule has 0 saturated carbocycles. The molecule has 2 heterocycles. The lowest BCUT2D eigenvalue weighted by Gasteiger charge is -2.20. The molecule has 0 saturated heterocycles. The number of ether oxygens (including phenoxy) is 2. The molecule has 0 aliphatic carbocycles. The molecule has 6 heteroatoms. The zero-order valence-electron chi connectivity index (χ0n) is 12.3. The Labute approximate surface area is 132 Å². The van der Waals surface area contributed by atoms with Gasteiger partial charge in [0.2, 0.25) is 5.75 Å². The minimum Gasteiger partial charge on any atom is -0.504 e. The van der Waals surface area contributed by atoms with Gasteiger partial charge in [-0.25, -0.2) is 0 Å². The van der Waals surface area contributed by atoms with Crippen LogP contribution in [-0.2, 0) is 0 Å². The number of carbonyl (C=O) groups excluding carboxylic acids is 2. The van der Waals surface area contributed by atoms with Crippen LogP contribution < -0.4 is 9.47 Å². The summed E-state index contributed by atoms with van der Waals surface area (Å²) in [7, 11) is 0. The third-order valence-electron chi connectivity index (χ3n) is 3.55. The highest BCUT2D eigenvalue weighted by Crippen LogP contribution is 2.41. The predicted octanol–water partition coefficient (Wildman–Crippen LogP) is 2.40. The Morgan fingerprint density at radius 1 is 1.09 bits per heavy atom. The van der Waals surface area contributed by atoms with Gasteiger partial charge in [-0.15, -0.1) is 0 Å². The molecular formula is C17H15NO5. The Morgan fingerprint density at radius 3 is 2.65 bits per heavy atom. The number of benzene rings is 1. The maximum absolute atomic E-state index is 12.3. The van der Waals surface area contributed by atoms with Crippen LogP contribution in [0.3, 0.4) is 0 Å². The van der Waals surface area contributed by atoms with Crippen molar-refractivity contribution < 1.29 is 24.2 Å². The van der Waals surface area contributed by atoms with Crippen LogP contribution in [0, 0.1) is 0 Å². The first-order chi connectivity index (χ1) is 11.2. The Bertz CT molecular complexity index is 742. The third kappa shape index (κ3) is 3.15. The zero-order chi connectivity index (χ0) is 16.2. The molecule has 0 bridgehead atoms. The van der Waals surface area contributed by atoms with Crippen molar-refractivity contribution in [1.82, 2.24) is 4.98 Å². The SMILES string of the molecule is O=C(CCC(=O)c1ccc2c(c1O)OCCO2)c1cccnc1. The van der Waals surface area contributed by atoms with Gasteiger partial charge >= 0.3 is 0 Å². The quantitative estimate of drug-likeness (QED) is 0.853. The normalized spacial score (nSPS) is 12.7. The van der Waals surface area contributed by atoms with E-state index in [0.29, 0.717) is 24.5 Å². The molecule has 1 N–H and O–H groups in total. The van der Waals surface area contributed by atoms with Crippen molar-refractivity contribution >= 4 is 11.6 Å². The Hall–Kier alpha value is -2.89. The second kappa shape index (κ2) is 6.48. The Morgan fingerprint density at radius 2 is 1.87 bits per heavy atom. The summed E-state index contributed by atoms with van der Waals surface area (Å²) in [5, 5.41) is 10.2. The van der Waals surface area contributed by atoms with Gasteiger partial charge in [-0.1, -0.05) is 0 Å². The van der Waals surface area contributed by atoms with E-state index in [1.165, 1.54) is 12.3 Å². The molecule has 0 amide bonds. The standard InChI is InChI=1S/C17H15NO5/c19-13(11-2-1-7-18-10-11)4-5-14(20)12-3-6-15-17(16(12)21)23-9-8-22-15/h1-3,6-7,10,21H,4-5,8-9H2. The van der Waals surface area contributed by atoms with E-state index < -0.39 is 0 Å². The fourth-order valence-corrected chi connectivity index (χ4v) is 2.36. The number of rotatable bonds is 5. The number of hydrogen-bond acceptors (Lipinski definition) is 6. The average molecular weight is 313 g/mol. The van der Waals surface area contributed by atoms with E-state index >= 15 is 0 Å². The summed E-state index contributed by atoms with van der Waals surface area (Å²) < 4.78 is 10.7. The molecule has 1 aromatic carbocycles. The topological polar surface area (TPSA) is 85.7 Å². The van der Waals surface area contributed by atoms with Crippen molar-refractivity contribution in [2.45, 2.75) is 12.8 Å². The molecule has 1 aliphatic heterocycles. The second-order valence-electron chi connectivity index (χ2n) is 5.07. The third-order valence-corrected chi connectivity index (χ3v) is 3.55. The van der Waals surface area contributed by atoms with Gasteiger partial charge in [0.25, 0.3) is 0 Å². The van der Waals surface area contributed by atoms with Gasteiger partial charge in [-0.3, -0.25) is 14.6 Å². The number of carbonyl (C=O) groups is 2. The molecule has 2 aromatic rings. The number of aromatic nitrogens is 1. The van der Waals surface area contributed by atoms with E-state index in [9.17, 15) is 14.7 Å². The molecule has 118 valence electrons. The predicted molar refractivity (Wildman–Crippen MR) is 81.2 cm³/mol. The lowest BCUT2D eigenvalue weighted by molar-refractivity contribution is 0.0914. The lowest BCUT2D eigenvalue weighted by atomic mass is 10.0. The number of aromatic hydroxyl groups is 1. The van der Waals surface area contributed by atoms with E-state index in [1.54, 1.807) is 24.4 Å². The first-order valence-electron chi connectivity index (χ1n) is 7.25. The van der Waals surface area contributed by atoms with E-state index in [0.717, 1.165) is 0 Å². The fraction of sp³-hybridized carbons (Fsp3) is 0.235. The molecule has 0 atom stereocenters. The average Bonchev–Trinajstić information content (AvgIpc) is 2.60. The van der Waals surface area contributed by atoms with E-state index in [4.69, 9.17) is 9.47 Å². The summed E-state index contributed by atoms with van der Waals surface area (Å²) in [6, 6.07) is 6.40. The van der Waals surface area contributed by atoms with Crippen LogP contribution in [0.5, 0.6) is 17.2 Å². The van der Waals surface area contributed by atoms with Gasteiger partial charge in [0.15, 0.2) is 23.1 Å². The maximum atomic E-state index is 12.3. The largest absolute Gasteiger partial charge is 0.504 e. The number of pyridine rings is 1. The van der Waals surface area contributed by atoms with Crippen LogP contribution in [-0.4, -0.2) is 34.9 Å². The smallest absolute Gasteiger partial charge is 0.204 e. The molecule has 6 nitrogen and oxygen atoms in total. The molecular weight excluding hydrogens is 298 g/mol. The molecule has 0 fully saturated rings. The van der Waals surface area contributed by atoms with Crippen LogP contribution in [0.15, 0.2) is 36.7 Å². The van der Waals surface area contributed by atoms with Gasteiger partial charge in [0.05, 0.1) is 5.56 Å². The Balaban J connectivity index is 1.70. The summed E-state index contributed by atoms with van der Waals surface area (Å²) >= 11 is 0. The highest BCUT2D eigenvalue weighted by atomic mass is 16.6. The lowest BCUT2D eigenvalue weighted by Crippen LogP contribution is -2.16. The van der Waals surface area contributed by atoms with Crippen molar-refractivity contribution in [3.63, 3.8) is 0 Å². The van der Waals surface area contributed by atoms with Gasteiger partial charge in [0, 0.05) is 30.8 Å². The van der Waals surface area contributed by atoms with E-state index in [1.807, 2.05) is 0 Å². The van der Waals surface area contributed by atoms with Crippen LogP contribution in [0.1, 0.15) is 33.6 Å². The highest BCUT2D eigenvalue weighted by molar-refractivity contribution is 6.03. The second-order valence-corrected chi connectivity index (χ2v) is 5.07. The highest BCUT2D eigenvalue weighted by Gasteiger charge is 2.22. The van der Waals surface area contributed by atoms with E-state index in [-0.39, 0.29) is 41.5 Å². The number of fused-ring (bicyclic) bond motifs is 1. The number of phenolic OH excluding ortho intramolecular Hbond substituents is 1. The van der Waals surface area contributed by atoms with E-state index in [2.05, 4.69) is 4.98 Å². The minimum atomic E-state index is -0.322. The molecule has 1 aromatic heterocycles. The number of Topliss-reactive ketones (excluding diaryl/α,β-unsaturated/α-hetero) is 2. The van der Waals surface area contributed by atoms with Crippen molar-refractivity contribution in [2.75, 3.05) is 13.2 Å². The summed E-state index contributed by atoms with van der Waals surface area (Å²) in [5.41, 5.74) is 0.597. The first-order valence-corrected chi connectivity index (χ1v) is 7.25. The molecule has 0 radical (unpaired) electrons. The number of ketones is 2. The molecule has 0 unspecified atom stereocenters. The summed E-state index contributed by atoms with van der Waals surface area (Å²) in [6.45, 7) is 0.719. The zero-order valence-corrected chi connectivity index (χ0v) is 12.3. The van der Waals surface area contributed by atoms with Crippen LogP contribution in [0.4, 0.5) is 0 Å². The van der Waals surface area contributed by atoms with Crippen molar-refractivity contribution in [3.05, 3.63) is 47.8 Å². The Kier molecular flexibility index (Phi) is 4.23. The number of nitrogens with zero attached hydrogens (tertiary/aromatic N) is 1. The summed E-state index contributed by atoms with van der Waals surface area (Å²) in [5.74, 6) is -0.126. The maximum Gasteiger partial charge on any atom is 0.204 e. The molecule has 3 rings (SSSR count). The van der Waals surface area contributed by atoms with Crippen LogP contribution in [0.25, 0.3) is 0 Å². The first kappa shape index (κ1) is 15.0. The summed E-state index contributed by atoms with van der Waals surface area (Å²) in [4.78, 5) is 28.1. The van der Waals surface area contributed by atoms with Crippen LogP contribution in [0.2, 0.25) is 0 Å². The number of phenols is 1. The fourth-order valence-electron chi connectivity index (χ4n) is 2.36. The van der Waals surface area contributed by atoms with Gasteiger partial charge in [0.1, 0.15) is 13.2 Å². The molecule has 0 spiro atoms. The van der Waals surface area contributed by atoms with Crippen LogP contribution >= 0.6 is 0 Å². The van der Waals surface area contributed by atoms with Gasteiger partial charge in [-0.05, 0) is 24.3 Å². The van der Waals surface area contributed by atoms with Crippen molar-refractivity contribution in [2.24, 2.45) is 0 Å². The monoisotopic (exact) mass is 313 g/mol. The van der Waals surface area contributed by atoms with Gasteiger partial charge < -0.3 is 14.6 Å². The van der Waals surface area contributed by atoms with Gasteiger partial charge in [-0.2, -0.15) is 0 Å². The van der Waals surface area contributed by atoms with Crippen molar-refractivity contribution in [1.29, 1.82) is 0 Å². The number of hydrogen-bond donors (Lipinski definition) is 1.